The fourth-order valence-corrected chi connectivity index (χ4v) is 1.44. The molecule has 1 aromatic heterocycles. The maximum absolute atomic E-state index is 12.5. The Balaban J connectivity index is 2.44. The third-order valence-corrected chi connectivity index (χ3v) is 2.45. The quantitative estimate of drug-likeness (QED) is 0.813. The first-order valence-corrected chi connectivity index (χ1v) is 5.36. The average molecular weight is 211 g/mol. The highest BCUT2D eigenvalue weighted by Gasteiger charge is 2.08. The van der Waals surface area contributed by atoms with Crippen molar-refractivity contribution in [2.75, 3.05) is 5.32 Å². The molecule has 3 nitrogen and oxygen atoms in total. The molecular weight excluding hydrogens is 193 g/mol. The van der Waals surface area contributed by atoms with Gasteiger partial charge >= 0.3 is 0 Å². The van der Waals surface area contributed by atoms with Gasteiger partial charge in [0.2, 0.25) is 5.95 Å². The summed E-state index contributed by atoms with van der Waals surface area (Å²) in [7, 11) is 0. The number of anilines is 1. The monoisotopic (exact) mass is 211 g/mol. The highest BCUT2D eigenvalue weighted by Crippen LogP contribution is 2.12. The first kappa shape index (κ1) is 11.9. The van der Waals surface area contributed by atoms with Crippen molar-refractivity contribution in [3.63, 3.8) is 0 Å². The van der Waals surface area contributed by atoms with Crippen molar-refractivity contribution in [2.45, 2.75) is 39.7 Å². The SMILES string of the molecule is CCC(C)CC(C)Nc1ncc(F)cn1. The van der Waals surface area contributed by atoms with Crippen LogP contribution in [0, 0.1) is 11.7 Å². The van der Waals surface area contributed by atoms with Gasteiger partial charge in [0.15, 0.2) is 5.82 Å². The Morgan fingerprint density at radius 2 is 1.93 bits per heavy atom. The topological polar surface area (TPSA) is 37.8 Å². The third kappa shape index (κ3) is 4.23. The van der Waals surface area contributed by atoms with Gasteiger partial charge in [0.05, 0.1) is 12.4 Å². The Hall–Kier alpha value is -1.19. The molecule has 0 bridgehead atoms. The molecular formula is C11H18FN3. The van der Waals surface area contributed by atoms with Crippen molar-refractivity contribution < 1.29 is 4.39 Å². The predicted molar refractivity (Wildman–Crippen MR) is 59.1 cm³/mol. The molecule has 0 aliphatic heterocycles. The summed E-state index contributed by atoms with van der Waals surface area (Å²) in [6, 6.07) is 0.311. The Morgan fingerprint density at radius 1 is 1.33 bits per heavy atom. The lowest BCUT2D eigenvalue weighted by molar-refractivity contribution is 0.482. The van der Waals surface area contributed by atoms with Crippen LogP contribution < -0.4 is 5.32 Å². The molecule has 2 unspecified atom stereocenters. The lowest BCUT2D eigenvalue weighted by atomic mass is 10.0. The zero-order chi connectivity index (χ0) is 11.3. The fraction of sp³-hybridized carbons (Fsp3) is 0.636. The van der Waals surface area contributed by atoms with Gasteiger partial charge in [0.1, 0.15) is 0 Å². The molecule has 0 aliphatic carbocycles. The highest BCUT2D eigenvalue weighted by atomic mass is 19.1. The maximum Gasteiger partial charge on any atom is 0.222 e. The summed E-state index contributed by atoms with van der Waals surface area (Å²) < 4.78 is 12.5. The molecule has 0 aliphatic rings. The van der Waals surface area contributed by atoms with Crippen LogP contribution in [0.25, 0.3) is 0 Å². The van der Waals surface area contributed by atoms with Crippen molar-refractivity contribution >= 4 is 5.95 Å². The second kappa shape index (κ2) is 5.63. The summed E-state index contributed by atoms with van der Waals surface area (Å²) in [5.41, 5.74) is 0. The van der Waals surface area contributed by atoms with E-state index in [1.54, 1.807) is 0 Å². The van der Waals surface area contributed by atoms with Crippen molar-refractivity contribution in [1.29, 1.82) is 0 Å². The van der Waals surface area contributed by atoms with Crippen LogP contribution in [0.15, 0.2) is 12.4 Å². The van der Waals surface area contributed by atoms with E-state index in [2.05, 4.69) is 36.1 Å². The first-order valence-electron chi connectivity index (χ1n) is 5.36. The highest BCUT2D eigenvalue weighted by molar-refractivity contribution is 5.23. The molecule has 1 aromatic rings. The number of halogens is 1. The molecule has 84 valence electrons. The van der Waals surface area contributed by atoms with Crippen LogP contribution in [0.2, 0.25) is 0 Å². The number of hydrogen-bond donors (Lipinski definition) is 1. The standard InChI is InChI=1S/C11H18FN3/c1-4-8(2)5-9(3)15-11-13-6-10(12)7-14-11/h6-9H,4-5H2,1-3H3,(H,13,14,15). The van der Waals surface area contributed by atoms with E-state index in [0.29, 0.717) is 17.9 Å². The summed E-state index contributed by atoms with van der Waals surface area (Å²) >= 11 is 0. The molecule has 0 saturated carbocycles. The van der Waals surface area contributed by atoms with E-state index >= 15 is 0 Å². The molecule has 0 spiro atoms. The van der Waals surface area contributed by atoms with Crippen molar-refractivity contribution in [1.82, 2.24) is 9.97 Å². The molecule has 0 fully saturated rings. The van der Waals surface area contributed by atoms with Crippen molar-refractivity contribution in [3.05, 3.63) is 18.2 Å². The van der Waals surface area contributed by atoms with Crippen LogP contribution in [-0.4, -0.2) is 16.0 Å². The Kier molecular flexibility index (Phi) is 4.46. The normalized spacial score (nSPS) is 14.7. The van der Waals surface area contributed by atoms with Gasteiger partial charge in [-0.25, -0.2) is 14.4 Å². The largest absolute Gasteiger partial charge is 0.352 e. The summed E-state index contributed by atoms with van der Waals surface area (Å²) in [6.07, 6.45) is 4.57. The van der Waals surface area contributed by atoms with Gasteiger partial charge in [-0.15, -0.1) is 0 Å². The second-order valence-corrected chi connectivity index (χ2v) is 4.02. The first-order chi connectivity index (χ1) is 7.11. The minimum Gasteiger partial charge on any atom is -0.352 e. The average Bonchev–Trinajstić information content (AvgIpc) is 2.21. The molecule has 1 heterocycles. The van der Waals surface area contributed by atoms with Gasteiger partial charge in [-0.1, -0.05) is 20.3 Å². The van der Waals surface area contributed by atoms with E-state index in [1.165, 1.54) is 12.4 Å². The molecule has 0 radical (unpaired) electrons. The van der Waals surface area contributed by atoms with Gasteiger partial charge in [-0.3, -0.25) is 0 Å². The fourth-order valence-electron chi connectivity index (χ4n) is 1.44. The number of nitrogens with zero attached hydrogens (tertiary/aromatic N) is 2. The second-order valence-electron chi connectivity index (χ2n) is 4.02. The summed E-state index contributed by atoms with van der Waals surface area (Å²) in [5, 5.41) is 3.15. The summed E-state index contributed by atoms with van der Waals surface area (Å²) in [5.74, 6) is 0.760. The number of nitrogens with one attached hydrogen (secondary N) is 1. The molecule has 15 heavy (non-hydrogen) atoms. The molecule has 1 N–H and O–H groups in total. The van der Waals surface area contributed by atoms with Gasteiger partial charge in [-0.05, 0) is 19.3 Å². The van der Waals surface area contributed by atoms with Crippen LogP contribution in [-0.2, 0) is 0 Å². The minimum absolute atomic E-state index is 0.311. The Bertz CT molecular complexity index is 286. The smallest absolute Gasteiger partial charge is 0.222 e. The van der Waals surface area contributed by atoms with E-state index in [0.717, 1.165) is 12.8 Å². The zero-order valence-corrected chi connectivity index (χ0v) is 9.50. The van der Waals surface area contributed by atoms with Gasteiger partial charge in [0.25, 0.3) is 0 Å². The van der Waals surface area contributed by atoms with E-state index < -0.39 is 5.82 Å². The lowest BCUT2D eigenvalue weighted by Crippen LogP contribution is -2.19. The summed E-state index contributed by atoms with van der Waals surface area (Å²) in [6.45, 7) is 6.47. The molecule has 0 amide bonds. The van der Waals surface area contributed by atoms with Gasteiger partial charge < -0.3 is 5.32 Å². The maximum atomic E-state index is 12.5. The van der Waals surface area contributed by atoms with E-state index in [9.17, 15) is 4.39 Å². The van der Waals surface area contributed by atoms with Crippen molar-refractivity contribution in [3.8, 4) is 0 Å². The Morgan fingerprint density at radius 3 is 2.47 bits per heavy atom. The minimum atomic E-state index is -0.407. The number of rotatable bonds is 5. The zero-order valence-electron chi connectivity index (χ0n) is 9.50. The Labute approximate surface area is 90.1 Å². The lowest BCUT2D eigenvalue weighted by Gasteiger charge is -2.17. The van der Waals surface area contributed by atoms with Gasteiger partial charge in [-0.2, -0.15) is 0 Å². The van der Waals surface area contributed by atoms with E-state index in [-0.39, 0.29) is 0 Å². The third-order valence-electron chi connectivity index (χ3n) is 2.45. The van der Waals surface area contributed by atoms with Crippen LogP contribution in [0.3, 0.4) is 0 Å². The van der Waals surface area contributed by atoms with Crippen LogP contribution in [0.4, 0.5) is 10.3 Å². The van der Waals surface area contributed by atoms with Crippen LogP contribution >= 0.6 is 0 Å². The van der Waals surface area contributed by atoms with E-state index in [4.69, 9.17) is 0 Å². The van der Waals surface area contributed by atoms with Crippen molar-refractivity contribution in [2.24, 2.45) is 5.92 Å². The van der Waals surface area contributed by atoms with Gasteiger partial charge in [0, 0.05) is 6.04 Å². The summed E-state index contributed by atoms with van der Waals surface area (Å²) in [4.78, 5) is 7.71. The van der Waals surface area contributed by atoms with Crippen LogP contribution in [0.1, 0.15) is 33.6 Å². The predicted octanol–water partition coefficient (Wildman–Crippen LogP) is 2.85. The molecule has 2 atom stereocenters. The molecule has 0 saturated heterocycles. The molecule has 1 rings (SSSR count). The number of hydrogen-bond acceptors (Lipinski definition) is 3. The van der Waals surface area contributed by atoms with E-state index in [1.807, 2.05) is 0 Å². The molecule has 0 aromatic carbocycles. The van der Waals surface area contributed by atoms with Crippen LogP contribution in [0.5, 0.6) is 0 Å². The number of aromatic nitrogens is 2. The molecule has 4 heteroatoms.